The average molecular weight is 301 g/mol. The van der Waals surface area contributed by atoms with Gasteiger partial charge in [-0.2, -0.15) is 5.26 Å². The van der Waals surface area contributed by atoms with Crippen molar-refractivity contribution < 1.29 is 4.74 Å². The number of anilines is 1. The highest BCUT2D eigenvalue weighted by atomic mass is 32.1. The molecule has 0 bridgehead atoms. The lowest BCUT2D eigenvalue weighted by molar-refractivity contribution is 0.400. The van der Waals surface area contributed by atoms with E-state index in [9.17, 15) is 0 Å². The van der Waals surface area contributed by atoms with Gasteiger partial charge in [-0.05, 0) is 37.9 Å². The van der Waals surface area contributed by atoms with E-state index < -0.39 is 0 Å². The van der Waals surface area contributed by atoms with Crippen molar-refractivity contribution in [2.45, 2.75) is 13.1 Å². The highest BCUT2D eigenvalue weighted by Gasteiger charge is 2.06. The zero-order valence-corrected chi connectivity index (χ0v) is 13.3. The molecule has 110 valence electrons. The van der Waals surface area contributed by atoms with Gasteiger partial charge in [0.1, 0.15) is 11.8 Å². The number of rotatable bonds is 6. The second-order valence-corrected chi connectivity index (χ2v) is 6.04. The van der Waals surface area contributed by atoms with Crippen molar-refractivity contribution >= 4 is 17.0 Å². The van der Waals surface area contributed by atoms with E-state index in [2.05, 4.69) is 28.4 Å². The van der Waals surface area contributed by atoms with Crippen molar-refractivity contribution in [3.63, 3.8) is 0 Å². The molecule has 0 aliphatic rings. The second kappa shape index (κ2) is 7.11. The molecule has 2 rings (SSSR count). The van der Waals surface area contributed by atoms with Gasteiger partial charge in [-0.3, -0.25) is 0 Å². The maximum absolute atomic E-state index is 8.85. The topological polar surface area (TPSA) is 48.3 Å². The summed E-state index contributed by atoms with van der Waals surface area (Å²) < 4.78 is 5.40. The van der Waals surface area contributed by atoms with Gasteiger partial charge in [-0.1, -0.05) is 6.07 Å². The molecule has 0 spiro atoms. The third kappa shape index (κ3) is 4.22. The molecule has 1 aromatic carbocycles. The first-order valence-electron chi connectivity index (χ1n) is 6.65. The zero-order chi connectivity index (χ0) is 15.2. The highest BCUT2D eigenvalue weighted by Crippen LogP contribution is 2.27. The summed E-state index contributed by atoms with van der Waals surface area (Å²) in [6, 6.07) is 10.2. The molecular formula is C16H19N3OS. The molecule has 1 heterocycles. The van der Waals surface area contributed by atoms with Gasteiger partial charge in [0.2, 0.25) is 0 Å². The Balaban J connectivity index is 2.11. The number of methoxy groups -OCH3 is 1. The predicted molar refractivity (Wildman–Crippen MR) is 86.7 cm³/mol. The molecule has 1 N–H and O–H groups in total. The smallest absolute Gasteiger partial charge is 0.141 e. The average Bonchev–Trinajstić information content (AvgIpc) is 2.92. The largest absolute Gasteiger partial charge is 0.495 e. The van der Waals surface area contributed by atoms with Gasteiger partial charge in [0, 0.05) is 23.3 Å². The van der Waals surface area contributed by atoms with E-state index in [1.807, 2.05) is 31.6 Å². The Labute approximate surface area is 129 Å². The Morgan fingerprint density at radius 3 is 2.76 bits per heavy atom. The standard InChI is InChI=1S/C16H19N3OS/c1-19(2)10-12-4-5-16(20-3)15(7-12)18-9-14-6-13(8-17)11-21-14/h4-7,11,18H,9-10H2,1-3H3. The molecule has 0 radical (unpaired) electrons. The van der Waals surface area contributed by atoms with E-state index in [-0.39, 0.29) is 0 Å². The van der Waals surface area contributed by atoms with Crippen molar-refractivity contribution in [1.82, 2.24) is 4.90 Å². The molecule has 4 nitrogen and oxygen atoms in total. The van der Waals surface area contributed by atoms with Crippen LogP contribution in [0, 0.1) is 11.3 Å². The molecule has 0 amide bonds. The highest BCUT2D eigenvalue weighted by molar-refractivity contribution is 7.10. The first kappa shape index (κ1) is 15.4. The third-order valence-corrected chi connectivity index (χ3v) is 3.94. The van der Waals surface area contributed by atoms with E-state index in [4.69, 9.17) is 10.00 Å². The molecule has 2 aromatic rings. The fraction of sp³-hybridized carbons (Fsp3) is 0.312. The predicted octanol–water partition coefficient (Wildman–Crippen LogP) is 3.30. The van der Waals surface area contributed by atoms with Crippen LogP contribution in [0.2, 0.25) is 0 Å². The van der Waals surface area contributed by atoms with Gasteiger partial charge in [-0.15, -0.1) is 11.3 Å². The van der Waals surface area contributed by atoms with Crippen LogP contribution in [0.4, 0.5) is 5.69 Å². The quantitative estimate of drug-likeness (QED) is 0.889. The summed E-state index contributed by atoms with van der Waals surface area (Å²) in [5, 5.41) is 14.1. The van der Waals surface area contributed by atoms with E-state index >= 15 is 0 Å². The molecule has 0 saturated carbocycles. The van der Waals surface area contributed by atoms with Crippen molar-refractivity contribution in [2.75, 3.05) is 26.5 Å². The van der Waals surface area contributed by atoms with Gasteiger partial charge in [0.15, 0.2) is 0 Å². The number of nitrogens with one attached hydrogen (secondary N) is 1. The number of nitriles is 1. The van der Waals surface area contributed by atoms with Crippen molar-refractivity contribution in [3.05, 3.63) is 45.6 Å². The Kier molecular flexibility index (Phi) is 5.20. The third-order valence-electron chi connectivity index (χ3n) is 3.00. The summed E-state index contributed by atoms with van der Waals surface area (Å²) in [7, 11) is 5.77. The summed E-state index contributed by atoms with van der Waals surface area (Å²) in [6.45, 7) is 1.57. The molecule has 21 heavy (non-hydrogen) atoms. The summed E-state index contributed by atoms with van der Waals surface area (Å²) in [5.41, 5.74) is 2.92. The second-order valence-electron chi connectivity index (χ2n) is 5.04. The summed E-state index contributed by atoms with van der Waals surface area (Å²) in [5.74, 6) is 0.828. The number of benzene rings is 1. The molecule has 0 saturated heterocycles. The number of hydrogen-bond acceptors (Lipinski definition) is 5. The van der Waals surface area contributed by atoms with Crippen LogP contribution in [0.25, 0.3) is 0 Å². The maximum atomic E-state index is 8.85. The first-order valence-corrected chi connectivity index (χ1v) is 7.53. The molecule has 0 atom stereocenters. The molecule has 1 aromatic heterocycles. The summed E-state index contributed by atoms with van der Waals surface area (Å²) in [4.78, 5) is 3.26. The van der Waals surface area contributed by atoms with Gasteiger partial charge in [0.05, 0.1) is 18.4 Å². The SMILES string of the molecule is COc1ccc(CN(C)C)cc1NCc1cc(C#N)cs1. The molecule has 0 fully saturated rings. The van der Waals surface area contributed by atoms with Crippen LogP contribution >= 0.6 is 11.3 Å². The van der Waals surface area contributed by atoms with Gasteiger partial charge >= 0.3 is 0 Å². The fourth-order valence-corrected chi connectivity index (χ4v) is 2.82. The van der Waals surface area contributed by atoms with Crippen LogP contribution in [0.1, 0.15) is 16.0 Å². The van der Waals surface area contributed by atoms with E-state index in [1.165, 1.54) is 5.56 Å². The Morgan fingerprint density at radius 1 is 1.33 bits per heavy atom. The molecular weight excluding hydrogens is 282 g/mol. The lowest BCUT2D eigenvalue weighted by atomic mass is 10.1. The molecule has 5 heteroatoms. The van der Waals surface area contributed by atoms with Gasteiger partial charge in [-0.25, -0.2) is 0 Å². The number of hydrogen-bond donors (Lipinski definition) is 1. The minimum Gasteiger partial charge on any atom is -0.495 e. The Morgan fingerprint density at radius 2 is 2.14 bits per heavy atom. The van der Waals surface area contributed by atoms with Gasteiger partial charge in [0.25, 0.3) is 0 Å². The zero-order valence-electron chi connectivity index (χ0n) is 12.5. The Hall–Kier alpha value is -2.03. The monoisotopic (exact) mass is 301 g/mol. The minimum absolute atomic E-state index is 0.689. The lowest BCUT2D eigenvalue weighted by Crippen LogP contribution is -2.11. The first-order chi connectivity index (χ1) is 10.1. The fourth-order valence-electron chi connectivity index (χ4n) is 2.07. The van der Waals surface area contributed by atoms with E-state index in [1.54, 1.807) is 18.4 Å². The van der Waals surface area contributed by atoms with Crippen LogP contribution < -0.4 is 10.1 Å². The van der Waals surface area contributed by atoms with E-state index in [0.29, 0.717) is 12.1 Å². The molecule has 0 unspecified atom stereocenters. The normalized spacial score (nSPS) is 10.4. The number of ether oxygens (including phenoxy) is 1. The van der Waals surface area contributed by atoms with E-state index in [0.717, 1.165) is 22.9 Å². The van der Waals surface area contributed by atoms with Gasteiger partial charge < -0.3 is 15.0 Å². The van der Waals surface area contributed by atoms with Crippen LogP contribution in [-0.4, -0.2) is 26.1 Å². The van der Waals surface area contributed by atoms with Crippen LogP contribution in [0.15, 0.2) is 29.6 Å². The summed E-state index contributed by atoms with van der Waals surface area (Å²) >= 11 is 1.59. The van der Waals surface area contributed by atoms with Crippen molar-refractivity contribution in [2.24, 2.45) is 0 Å². The maximum Gasteiger partial charge on any atom is 0.141 e. The molecule has 0 aliphatic heterocycles. The number of thiophene rings is 1. The van der Waals surface area contributed by atoms with Crippen molar-refractivity contribution in [1.29, 1.82) is 5.26 Å². The van der Waals surface area contributed by atoms with Crippen LogP contribution in [-0.2, 0) is 13.1 Å². The number of nitrogens with zero attached hydrogens (tertiary/aromatic N) is 2. The molecule has 0 aliphatic carbocycles. The van der Waals surface area contributed by atoms with Crippen LogP contribution in [0.5, 0.6) is 5.75 Å². The van der Waals surface area contributed by atoms with Crippen molar-refractivity contribution in [3.8, 4) is 11.8 Å². The minimum atomic E-state index is 0.689. The lowest BCUT2D eigenvalue weighted by Gasteiger charge is -2.14. The van der Waals surface area contributed by atoms with Crippen LogP contribution in [0.3, 0.4) is 0 Å². The Bertz CT molecular complexity index is 643. The summed E-state index contributed by atoms with van der Waals surface area (Å²) in [6.07, 6.45) is 0.